The van der Waals surface area contributed by atoms with Gasteiger partial charge < -0.3 is 10.1 Å². The van der Waals surface area contributed by atoms with E-state index in [0.29, 0.717) is 6.54 Å². The molecule has 150 valence electrons. The Hall–Kier alpha value is -3.11. The van der Waals surface area contributed by atoms with E-state index in [0.717, 1.165) is 33.7 Å². The zero-order chi connectivity index (χ0) is 20.8. The van der Waals surface area contributed by atoms with Crippen LogP contribution in [0.1, 0.15) is 28.3 Å². The average molecular weight is 389 g/mol. The van der Waals surface area contributed by atoms with Gasteiger partial charge >= 0.3 is 0 Å². The number of amides is 1. The molecule has 1 N–H and O–H groups in total. The predicted molar refractivity (Wildman–Crippen MR) is 118 cm³/mol. The van der Waals surface area contributed by atoms with Crippen LogP contribution in [-0.4, -0.2) is 25.0 Å². The zero-order valence-corrected chi connectivity index (χ0v) is 17.5. The summed E-state index contributed by atoms with van der Waals surface area (Å²) in [4.78, 5) is 15.4. The number of anilines is 1. The summed E-state index contributed by atoms with van der Waals surface area (Å²) in [5, 5.41) is 3.13. The number of likely N-dealkylation sites (N-methyl/N-ethyl adjacent to an activating group) is 1. The van der Waals surface area contributed by atoms with E-state index >= 15 is 0 Å². The molecule has 1 unspecified atom stereocenters. The van der Waals surface area contributed by atoms with Crippen molar-refractivity contribution in [1.82, 2.24) is 4.90 Å². The highest BCUT2D eigenvalue weighted by molar-refractivity contribution is 5.96. The summed E-state index contributed by atoms with van der Waals surface area (Å²) in [6.07, 6.45) is 0. The summed E-state index contributed by atoms with van der Waals surface area (Å²) < 4.78 is 5.24. The maximum absolute atomic E-state index is 13.3. The van der Waals surface area contributed by atoms with E-state index in [-0.39, 0.29) is 5.91 Å². The van der Waals surface area contributed by atoms with Gasteiger partial charge in [0.25, 0.3) is 0 Å². The summed E-state index contributed by atoms with van der Waals surface area (Å²) in [5.74, 6) is 0.782. The number of benzene rings is 3. The fourth-order valence-corrected chi connectivity index (χ4v) is 3.42. The molecule has 0 spiro atoms. The van der Waals surface area contributed by atoms with Crippen LogP contribution in [0.2, 0.25) is 0 Å². The average Bonchev–Trinajstić information content (AvgIpc) is 2.72. The highest BCUT2D eigenvalue weighted by Gasteiger charge is 2.25. The molecule has 4 nitrogen and oxygen atoms in total. The number of carbonyl (C=O) groups is 1. The van der Waals surface area contributed by atoms with Crippen molar-refractivity contribution in [2.24, 2.45) is 0 Å². The lowest BCUT2D eigenvalue weighted by atomic mass is 10.0. The number of ether oxygens (including phenoxy) is 1. The Balaban J connectivity index is 1.85. The molecule has 0 aliphatic carbocycles. The molecule has 0 aliphatic heterocycles. The van der Waals surface area contributed by atoms with Gasteiger partial charge in [-0.15, -0.1) is 0 Å². The van der Waals surface area contributed by atoms with Gasteiger partial charge in [0, 0.05) is 12.2 Å². The third-order valence-electron chi connectivity index (χ3n) is 5.05. The third kappa shape index (κ3) is 5.24. The molecule has 0 aliphatic rings. The molecule has 3 aromatic carbocycles. The fourth-order valence-electron chi connectivity index (χ4n) is 3.42. The van der Waals surface area contributed by atoms with Crippen molar-refractivity contribution in [2.45, 2.75) is 26.4 Å². The van der Waals surface area contributed by atoms with Crippen molar-refractivity contribution in [3.63, 3.8) is 0 Å². The molecule has 1 atom stereocenters. The van der Waals surface area contributed by atoms with Crippen LogP contribution in [0, 0.1) is 13.8 Å². The molecule has 1 amide bonds. The van der Waals surface area contributed by atoms with Crippen molar-refractivity contribution in [1.29, 1.82) is 0 Å². The minimum absolute atomic E-state index is 0.0408. The topological polar surface area (TPSA) is 41.6 Å². The van der Waals surface area contributed by atoms with Gasteiger partial charge in [-0.25, -0.2) is 0 Å². The summed E-state index contributed by atoms with van der Waals surface area (Å²) in [5.41, 5.74) is 5.11. The smallest absolute Gasteiger partial charge is 0.246 e. The number of nitrogens with zero attached hydrogens (tertiary/aromatic N) is 1. The first-order chi connectivity index (χ1) is 14.0. The molecule has 0 saturated heterocycles. The first-order valence-corrected chi connectivity index (χ1v) is 9.74. The van der Waals surface area contributed by atoms with Crippen LogP contribution in [0.5, 0.6) is 5.75 Å². The van der Waals surface area contributed by atoms with E-state index in [9.17, 15) is 4.79 Å². The van der Waals surface area contributed by atoms with Gasteiger partial charge in [0.05, 0.1) is 7.11 Å². The van der Waals surface area contributed by atoms with Crippen LogP contribution in [0.15, 0.2) is 72.8 Å². The monoisotopic (exact) mass is 388 g/mol. The van der Waals surface area contributed by atoms with E-state index in [1.807, 2.05) is 87.6 Å². The van der Waals surface area contributed by atoms with Gasteiger partial charge in [-0.1, -0.05) is 54.6 Å². The highest BCUT2D eigenvalue weighted by Crippen LogP contribution is 2.25. The quantitative estimate of drug-likeness (QED) is 0.610. The van der Waals surface area contributed by atoms with E-state index in [1.165, 1.54) is 0 Å². The minimum Gasteiger partial charge on any atom is -0.497 e. The molecule has 0 bridgehead atoms. The van der Waals surface area contributed by atoms with Crippen molar-refractivity contribution < 1.29 is 9.53 Å². The molecular formula is C25H28N2O2. The Morgan fingerprint density at radius 2 is 1.69 bits per heavy atom. The summed E-state index contributed by atoms with van der Waals surface area (Å²) in [6, 6.07) is 23.5. The minimum atomic E-state index is -0.404. The Labute approximate surface area is 173 Å². The lowest BCUT2D eigenvalue weighted by molar-refractivity contribution is -0.121. The Morgan fingerprint density at radius 1 is 1.00 bits per heavy atom. The van der Waals surface area contributed by atoms with Gasteiger partial charge in [-0.2, -0.15) is 0 Å². The largest absolute Gasteiger partial charge is 0.497 e. The second kappa shape index (κ2) is 9.39. The van der Waals surface area contributed by atoms with Crippen LogP contribution in [0.25, 0.3) is 0 Å². The number of methoxy groups -OCH3 is 1. The van der Waals surface area contributed by atoms with Gasteiger partial charge in [0.15, 0.2) is 0 Å². The Morgan fingerprint density at radius 3 is 2.34 bits per heavy atom. The summed E-state index contributed by atoms with van der Waals surface area (Å²) >= 11 is 0. The fraction of sp³-hybridized carbons (Fsp3) is 0.240. The number of hydrogen-bond acceptors (Lipinski definition) is 3. The Bertz CT molecular complexity index is 952. The van der Waals surface area contributed by atoms with E-state index < -0.39 is 6.04 Å². The van der Waals surface area contributed by atoms with Crippen LogP contribution >= 0.6 is 0 Å². The van der Waals surface area contributed by atoms with E-state index in [2.05, 4.69) is 16.3 Å². The summed E-state index contributed by atoms with van der Waals surface area (Å²) in [6.45, 7) is 4.68. The molecule has 4 heteroatoms. The first kappa shape index (κ1) is 20.6. The third-order valence-corrected chi connectivity index (χ3v) is 5.05. The van der Waals surface area contributed by atoms with Gasteiger partial charge in [-0.3, -0.25) is 9.69 Å². The molecule has 0 radical (unpaired) electrons. The number of aryl methyl sites for hydroxylation is 2. The number of hydrogen-bond donors (Lipinski definition) is 1. The number of carbonyl (C=O) groups excluding carboxylic acids is 1. The second-order valence-corrected chi connectivity index (χ2v) is 7.38. The number of nitrogens with one attached hydrogen (secondary N) is 1. The molecular weight excluding hydrogens is 360 g/mol. The van der Waals surface area contributed by atoms with Gasteiger partial charge in [0.2, 0.25) is 5.91 Å². The van der Waals surface area contributed by atoms with Crippen molar-refractivity contribution >= 4 is 11.6 Å². The normalized spacial score (nSPS) is 11.9. The molecule has 0 fully saturated rings. The SMILES string of the molecule is COc1ccc(CN(C)C(C(=O)Nc2cc(C)ccc2C)c2ccccc2)cc1. The zero-order valence-electron chi connectivity index (χ0n) is 17.5. The first-order valence-electron chi connectivity index (χ1n) is 9.74. The van der Waals surface area contributed by atoms with Gasteiger partial charge in [0.1, 0.15) is 11.8 Å². The van der Waals surface area contributed by atoms with Crippen LogP contribution in [0.4, 0.5) is 5.69 Å². The molecule has 0 heterocycles. The summed E-state index contributed by atoms with van der Waals surface area (Å²) in [7, 11) is 3.63. The van der Waals surface area contributed by atoms with Crippen molar-refractivity contribution in [3.8, 4) is 5.75 Å². The lowest BCUT2D eigenvalue weighted by Gasteiger charge is -2.28. The standard InChI is InChI=1S/C25H28N2O2/c1-18-10-11-19(2)23(16-18)26-25(28)24(21-8-6-5-7-9-21)27(3)17-20-12-14-22(29-4)15-13-20/h5-16,24H,17H2,1-4H3,(H,26,28). The second-order valence-electron chi connectivity index (χ2n) is 7.38. The van der Waals surface area contributed by atoms with Crippen LogP contribution in [-0.2, 0) is 11.3 Å². The van der Waals surface area contributed by atoms with E-state index in [1.54, 1.807) is 7.11 Å². The predicted octanol–water partition coefficient (Wildman–Crippen LogP) is 5.12. The van der Waals surface area contributed by atoms with Crippen molar-refractivity contribution in [3.05, 3.63) is 95.1 Å². The van der Waals surface area contributed by atoms with Crippen LogP contribution < -0.4 is 10.1 Å². The maximum Gasteiger partial charge on any atom is 0.246 e. The Kier molecular flexibility index (Phi) is 6.68. The maximum atomic E-state index is 13.3. The van der Waals surface area contributed by atoms with E-state index in [4.69, 9.17) is 4.74 Å². The highest BCUT2D eigenvalue weighted by atomic mass is 16.5. The lowest BCUT2D eigenvalue weighted by Crippen LogP contribution is -2.34. The molecule has 29 heavy (non-hydrogen) atoms. The number of rotatable bonds is 7. The van der Waals surface area contributed by atoms with Crippen molar-refractivity contribution in [2.75, 3.05) is 19.5 Å². The molecule has 3 rings (SSSR count). The molecule has 3 aromatic rings. The molecule has 0 aromatic heterocycles. The molecule has 0 saturated carbocycles. The van der Waals surface area contributed by atoms with Gasteiger partial charge in [-0.05, 0) is 61.3 Å². The van der Waals surface area contributed by atoms with Crippen LogP contribution in [0.3, 0.4) is 0 Å².